The molecule has 5 atom stereocenters. The van der Waals surface area contributed by atoms with Crippen molar-refractivity contribution in [2.45, 2.75) is 278 Å². The third-order valence-electron chi connectivity index (χ3n) is 12.5. The van der Waals surface area contributed by atoms with Gasteiger partial charge in [-0.25, -0.2) is 9.13 Å². The summed E-state index contributed by atoms with van der Waals surface area (Å²) in [6.45, 7) is 9.21. The molecule has 0 amide bonds. The SMILES string of the molecule is CCCCCCCCCC(=O)O[C@H](COC(=O)CCCCCCC)COP(=O)(O)OC[C@H](O)COP(=O)(O)OC[C@@H](COC(=O)CCCCCCCCCCC(C)C)OC(=O)CCCCCCCCCCC(C)C. The van der Waals surface area contributed by atoms with E-state index in [1.54, 1.807) is 0 Å². The van der Waals surface area contributed by atoms with Crippen LogP contribution in [0, 0.1) is 11.8 Å². The number of phosphoric ester groups is 2. The normalized spacial score (nSPS) is 14.6. The third-order valence-corrected chi connectivity index (χ3v) is 14.4. The van der Waals surface area contributed by atoms with Gasteiger partial charge in [0, 0.05) is 25.7 Å². The minimum atomic E-state index is -4.93. The molecular weight excluding hydrogens is 995 g/mol. The lowest BCUT2D eigenvalue weighted by Gasteiger charge is -2.21. The smallest absolute Gasteiger partial charge is 0.462 e. The number of phosphoric acid groups is 2. The Hall–Kier alpha value is -1.94. The molecule has 17 nitrogen and oxygen atoms in total. The Morgan fingerprint density at radius 1 is 0.365 bits per heavy atom. The van der Waals surface area contributed by atoms with Crippen molar-refractivity contribution < 1.29 is 80.2 Å². The zero-order valence-corrected chi connectivity index (χ0v) is 48.9. The van der Waals surface area contributed by atoms with Gasteiger partial charge in [-0.3, -0.25) is 37.3 Å². The second kappa shape index (κ2) is 48.2. The predicted molar refractivity (Wildman–Crippen MR) is 289 cm³/mol. The average Bonchev–Trinajstić information content (AvgIpc) is 3.35. The Labute approximate surface area is 447 Å². The van der Waals surface area contributed by atoms with Crippen molar-refractivity contribution in [1.82, 2.24) is 0 Å². The first kappa shape index (κ1) is 72.1. The Morgan fingerprint density at radius 2 is 0.622 bits per heavy atom. The lowest BCUT2D eigenvalue weighted by Crippen LogP contribution is -2.30. The minimum absolute atomic E-state index is 0.102. The summed E-state index contributed by atoms with van der Waals surface area (Å²) < 4.78 is 67.3. The van der Waals surface area contributed by atoms with Gasteiger partial charge >= 0.3 is 39.5 Å². The standard InChI is InChI=1S/C55H106O17P2/c1-7-9-11-13-18-27-33-39-54(59)71-50(43-65-52(57)37-31-23-12-10-8-2)45-69-73(61,62)67-41-49(56)42-68-74(63,64)70-46-51(72-55(60)40-34-28-22-17-15-20-25-30-36-48(5)6)44-66-53(58)38-32-26-21-16-14-19-24-29-35-47(3)4/h47-51,56H,7-46H2,1-6H3,(H,61,62)(H,63,64)/t49-,50+,51+/m0/s1. The molecule has 19 heteroatoms. The topological polar surface area (TPSA) is 237 Å². The Kier molecular flexibility index (Phi) is 46.9. The summed E-state index contributed by atoms with van der Waals surface area (Å²) in [4.78, 5) is 71.4. The van der Waals surface area contributed by atoms with E-state index in [0.717, 1.165) is 121 Å². The molecule has 0 aromatic carbocycles. The van der Waals surface area contributed by atoms with Gasteiger partial charge in [0.25, 0.3) is 0 Å². The summed E-state index contributed by atoms with van der Waals surface area (Å²) in [7, 11) is -9.85. The summed E-state index contributed by atoms with van der Waals surface area (Å²) in [5.74, 6) is -0.720. The molecule has 0 aromatic heterocycles. The third kappa shape index (κ3) is 49.6. The van der Waals surface area contributed by atoms with Crippen molar-refractivity contribution in [1.29, 1.82) is 0 Å². The first-order valence-corrected chi connectivity index (χ1v) is 32.0. The van der Waals surface area contributed by atoms with Gasteiger partial charge in [0.2, 0.25) is 0 Å². The first-order valence-electron chi connectivity index (χ1n) is 29.0. The molecule has 0 aromatic rings. The van der Waals surface area contributed by atoms with E-state index in [2.05, 4.69) is 41.5 Å². The van der Waals surface area contributed by atoms with Gasteiger partial charge in [-0.15, -0.1) is 0 Å². The van der Waals surface area contributed by atoms with Crippen molar-refractivity contribution in [3.8, 4) is 0 Å². The van der Waals surface area contributed by atoms with Gasteiger partial charge < -0.3 is 33.8 Å². The van der Waals surface area contributed by atoms with Crippen LogP contribution in [0.5, 0.6) is 0 Å². The average molecular weight is 1100 g/mol. The van der Waals surface area contributed by atoms with Gasteiger partial charge in [-0.1, -0.05) is 208 Å². The van der Waals surface area contributed by atoms with Gasteiger partial charge in [0.05, 0.1) is 26.4 Å². The number of hydrogen-bond donors (Lipinski definition) is 3. The monoisotopic (exact) mass is 1100 g/mol. The Morgan fingerprint density at radius 3 is 0.919 bits per heavy atom. The fourth-order valence-electron chi connectivity index (χ4n) is 7.94. The van der Waals surface area contributed by atoms with Crippen LogP contribution < -0.4 is 0 Å². The largest absolute Gasteiger partial charge is 0.472 e. The first-order chi connectivity index (χ1) is 35.4. The molecule has 0 aliphatic rings. The highest BCUT2D eigenvalue weighted by Crippen LogP contribution is 2.45. The summed E-state index contributed by atoms with van der Waals surface area (Å²) in [6.07, 6.45) is 27.2. The van der Waals surface area contributed by atoms with Gasteiger partial charge in [0.1, 0.15) is 19.3 Å². The van der Waals surface area contributed by atoms with E-state index < -0.39 is 97.5 Å². The van der Waals surface area contributed by atoms with E-state index in [-0.39, 0.29) is 25.7 Å². The van der Waals surface area contributed by atoms with E-state index in [0.29, 0.717) is 25.7 Å². The maximum Gasteiger partial charge on any atom is 0.472 e. The van der Waals surface area contributed by atoms with Crippen LogP contribution >= 0.6 is 15.6 Å². The molecule has 0 heterocycles. The lowest BCUT2D eigenvalue weighted by atomic mass is 10.0. The van der Waals surface area contributed by atoms with Crippen LogP contribution in [0.4, 0.5) is 0 Å². The zero-order chi connectivity index (χ0) is 55.1. The van der Waals surface area contributed by atoms with Crippen LogP contribution in [0.25, 0.3) is 0 Å². The molecule has 0 saturated carbocycles. The van der Waals surface area contributed by atoms with Crippen LogP contribution in [0.3, 0.4) is 0 Å². The van der Waals surface area contributed by atoms with Gasteiger partial charge in [0.15, 0.2) is 12.2 Å². The van der Waals surface area contributed by atoms with Crippen LogP contribution in [0.2, 0.25) is 0 Å². The molecule has 0 aliphatic heterocycles. The highest BCUT2D eigenvalue weighted by molar-refractivity contribution is 7.47. The number of carbonyl (C=O) groups is 4. The van der Waals surface area contributed by atoms with Crippen LogP contribution in [0.15, 0.2) is 0 Å². The summed E-state index contributed by atoms with van der Waals surface area (Å²) in [6, 6.07) is 0. The number of esters is 4. The Bertz CT molecular complexity index is 1480. The van der Waals surface area contributed by atoms with E-state index in [9.17, 15) is 43.2 Å². The second-order valence-corrected chi connectivity index (χ2v) is 23.8. The van der Waals surface area contributed by atoms with E-state index in [4.69, 9.17) is 37.0 Å². The molecular formula is C55H106O17P2. The van der Waals surface area contributed by atoms with Crippen molar-refractivity contribution in [2.24, 2.45) is 11.8 Å². The molecule has 0 saturated heterocycles. The fourth-order valence-corrected chi connectivity index (χ4v) is 9.52. The highest BCUT2D eigenvalue weighted by atomic mass is 31.2. The number of aliphatic hydroxyl groups excluding tert-OH is 1. The number of rotatable bonds is 54. The molecule has 0 spiro atoms. The molecule has 0 rings (SSSR count). The van der Waals surface area contributed by atoms with Crippen molar-refractivity contribution in [2.75, 3.05) is 39.6 Å². The quantitative estimate of drug-likeness (QED) is 0.0222. The number of hydrogen-bond acceptors (Lipinski definition) is 15. The number of carbonyl (C=O) groups excluding carboxylic acids is 4. The molecule has 438 valence electrons. The van der Waals surface area contributed by atoms with Crippen molar-refractivity contribution >= 4 is 39.5 Å². The summed E-state index contributed by atoms with van der Waals surface area (Å²) in [5, 5.41) is 10.4. The molecule has 0 fully saturated rings. The van der Waals surface area contributed by atoms with Gasteiger partial charge in [-0.05, 0) is 37.5 Å². The number of ether oxygens (including phenoxy) is 4. The van der Waals surface area contributed by atoms with E-state index in [1.807, 2.05) is 0 Å². The van der Waals surface area contributed by atoms with E-state index >= 15 is 0 Å². The van der Waals surface area contributed by atoms with Crippen LogP contribution in [-0.4, -0.2) is 96.7 Å². The zero-order valence-electron chi connectivity index (χ0n) is 47.1. The predicted octanol–water partition coefficient (Wildman–Crippen LogP) is 14.1. The minimum Gasteiger partial charge on any atom is -0.462 e. The molecule has 0 radical (unpaired) electrons. The molecule has 2 unspecified atom stereocenters. The molecule has 0 bridgehead atoms. The number of aliphatic hydroxyl groups is 1. The second-order valence-electron chi connectivity index (χ2n) is 20.9. The fraction of sp³-hybridized carbons (Fsp3) is 0.927. The lowest BCUT2D eigenvalue weighted by molar-refractivity contribution is -0.161. The molecule has 0 aliphatic carbocycles. The summed E-state index contributed by atoms with van der Waals surface area (Å²) >= 11 is 0. The maximum absolute atomic E-state index is 12.9. The molecule has 74 heavy (non-hydrogen) atoms. The summed E-state index contributed by atoms with van der Waals surface area (Å²) in [5.41, 5.74) is 0. The maximum atomic E-state index is 12.9. The van der Waals surface area contributed by atoms with E-state index in [1.165, 1.54) is 57.8 Å². The van der Waals surface area contributed by atoms with Gasteiger partial charge in [-0.2, -0.15) is 0 Å². The van der Waals surface area contributed by atoms with Crippen LogP contribution in [0.1, 0.15) is 260 Å². The van der Waals surface area contributed by atoms with Crippen molar-refractivity contribution in [3.63, 3.8) is 0 Å². The van der Waals surface area contributed by atoms with Crippen molar-refractivity contribution in [3.05, 3.63) is 0 Å². The Balaban J connectivity index is 5.18. The highest BCUT2D eigenvalue weighted by Gasteiger charge is 2.30. The molecule has 3 N–H and O–H groups in total. The van der Waals surface area contributed by atoms with Crippen LogP contribution in [-0.2, 0) is 65.4 Å². The number of unbranched alkanes of at least 4 members (excludes halogenated alkanes) is 24.